The van der Waals surface area contributed by atoms with Gasteiger partial charge in [0.2, 0.25) is 5.91 Å². The van der Waals surface area contributed by atoms with E-state index in [0.29, 0.717) is 0 Å². The predicted octanol–water partition coefficient (Wildman–Crippen LogP) is 1.50. The number of amides is 1. The Morgan fingerprint density at radius 2 is 2.12 bits per heavy atom. The van der Waals surface area contributed by atoms with Crippen molar-refractivity contribution in [1.82, 2.24) is 4.90 Å². The minimum Gasteiger partial charge on any atom is -0.495 e. The van der Waals surface area contributed by atoms with E-state index < -0.39 is 0 Å². The van der Waals surface area contributed by atoms with Crippen molar-refractivity contribution in [3.05, 3.63) is 23.8 Å². The van der Waals surface area contributed by atoms with E-state index in [-0.39, 0.29) is 12.5 Å². The number of likely N-dealkylation sites (N-methyl/N-ethyl adjacent to an activating group) is 1. The lowest BCUT2D eigenvalue weighted by molar-refractivity contribution is -0.126. The Morgan fingerprint density at radius 3 is 2.69 bits per heavy atom. The molecule has 0 atom stereocenters. The first kappa shape index (κ1) is 12.4. The number of benzene rings is 1. The number of ether oxygens (including phenoxy) is 1. The zero-order valence-corrected chi connectivity index (χ0v) is 10.2. The highest BCUT2D eigenvalue weighted by Crippen LogP contribution is 2.24. The van der Waals surface area contributed by atoms with Gasteiger partial charge in [-0.25, -0.2) is 0 Å². The summed E-state index contributed by atoms with van der Waals surface area (Å²) in [6.45, 7) is 2.27. The Labute approximate surface area is 96.2 Å². The third-order valence-corrected chi connectivity index (χ3v) is 2.28. The van der Waals surface area contributed by atoms with Gasteiger partial charge in [-0.3, -0.25) is 4.79 Å². The molecule has 0 aromatic heterocycles. The first-order valence-corrected chi connectivity index (χ1v) is 5.13. The Kier molecular flexibility index (Phi) is 4.17. The second-order valence-electron chi connectivity index (χ2n) is 3.85. The number of rotatable bonds is 4. The van der Waals surface area contributed by atoms with Crippen molar-refractivity contribution in [1.29, 1.82) is 0 Å². The molecule has 16 heavy (non-hydrogen) atoms. The van der Waals surface area contributed by atoms with Crippen molar-refractivity contribution < 1.29 is 9.53 Å². The van der Waals surface area contributed by atoms with Gasteiger partial charge in [-0.05, 0) is 24.6 Å². The SMILES string of the molecule is COc1ccc(C)cc1NCC(=O)N(C)C. The molecule has 0 spiro atoms. The van der Waals surface area contributed by atoms with E-state index in [4.69, 9.17) is 4.74 Å². The summed E-state index contributed by atoms with van der Waals surface area (Å²) in [5, 5.41) is 3.07. The van der Waals surface area contributed by atoms with E-state index in [1.54, 1.807) is 26.1 Å². The number of carbonyl (C=O) groups is 1. The third-order valence-electron chi connectivity index (χ3n) is 2.28. The van der Waals surface area contributed by atoms with Crippen LogP contribution in [0.25, 0.3) is 0 Å². The number of hydrogen-bond acceptors (Lipinski definition) is 3. The van der Waals surface area contributed by atoms with Crippen molar-refractivity contribution >= 4 is 11.6 Å². The summed E-state index contributed by atoms with van der Waals surface area (Å²) in [6, 6.07) is 5.82. The maximum atomic E-state index is 11.4. The van der Waals surface area contributed by atoms with Crippen LogP contribution >= 0.6 is 0 Å². The molecule has 0 aliphatic rings. The van der Waals surface area contributed by atoms with Crippen LogP contribution in [0.5, 0.6) is 5.75 Å². The summed E-state index contributed by atoms with van der Waals surface area (Å²) in [6.07, 6.45) is 0. The second kappa shape index (κ2) is 5.39. The fourth-order valence-corrected chi connectivity index (χ4v) is 1.29. The average molecular weight is 222 g/mol. The molecular formula is C12H18N2O2. The lowest BCUT2D eigenvalue weighted by atomic mass is 10.2. The highest BCUT2D eigenvalue weighted by molar-refractivity contribution is 5.81. The number of anilines is 1. The van der Waals surface area contributed by atoms with Gasteiger partial charge in [0.15, 0.2) is 0 Å². The van der Waals surface area contributed by atoms with Crippen LogP contribution in [0.15, 0.2) is 18.2 Å². The maximum absolute atomic E-state index is 11.4. The lowest BCUT2D eigenvalue weighted by Crippen LogP contribution is -2.28. The van der Waals surface area contributed by atoms with Crippen LogP contribution in [0.1, 0.15) is 5.56 Å². The van der Waals surface area contributed by atoms with Gasteiger partial charge in [-0.1, -0.05) is 6.07 Å². The maximum Gasteiger partial charge on any atom is 0.241 e. The first-order chi connectivity index (χ1) is 7.54. The minimum absolute atomic E-state index is 0.0311. The van der Waals surface area contributed by atoms with Gasteiger partial charge in [0, 0.05) is 14.1 Å². The van der Waals surface area contributed by atoms with E-state index in [1.807, 2.05) is 25.1 Å². The summed E-state index contributed by atoms with van der Waals surface area (Å²) >= 11 is 0. The molecule has 1 aromatic rings. The van der Waals surface area contributed by atoms with Gasteiger partial charge in [0.05, 0.1) is 19.3 Å². The van der Waals surface area contributed by atoms with Gasteiger partial charge >= 0.3 is 0 Å². The molecule has 1 N–H and O–H groups in total. The molecule has 1 aromatic carbocycles. The second-order valence-corrected chi connectivity index (χ2v) is 3.85. The number of methoxy groups -OCH3 is 1. The van der Waals surface area contributed by atoms with Crippen molar-refractivity contribution in [3.8, 4) is 5.75 Å². The fourth-order valence-electron chi connectivity index (χ4n) is 1.29. The summed E-state index contributed by atoms with van der Waals surface area (Å²) in [4.78, 5) is 13.0. The van der Waals surface area contributed by atoms with Crippen molar-refractivity contribution in [2.24, 2.45) is 0 Å². The summed E-state index contributed by atoms with van der Waals surface area (Å²) in [5.41, 5.74) is 1.97. The van der Waals surface area contributed by atoms with Crippen LogP contribution in [0.4, 0.5) is 5.69 Å². The molecule has 0 radical (unpaired) electrons. The van der Waals surface area contributed by atoms with E-state index >= 15 is 0 Å². The molecule has 1 rings (SSSR count). The molecule has 0 saturated heterocycles. The highest BCUT2D eigenvalue weighted by atomic mass is 16.5. The molecule has 0 aliphatic carbocycles. The fraction of sp³-hybridized carbons (Fsp3) is 0.417. The summed E-state index contributed by atoms with van der Waals surface area (Å²) < 4.78 is 5.21. The van der Waals surface area contributed by atoms with Crippen molar-refractivity contribution in [3.63, 3.8) is 0 Å². The number of carbonyl (C=O) groups excluding carboxylic acids is 1. The van der Waals surface area contributed by atoms with Crippen molar-refractivity contribution in [2.75, 3.05) is 33.1 Å². The Morgan fingerprint density at radius 1 is 1.44 bits per heavy atom. The van der Waals surface area contributed by atoms with Crippen LogP contribution in [-0.2, 0) is 4.79 Å². The Hall–Kier alpha value is -1.71. The highest BCUT2D eigenvalue weighted by Gasteiger charge is 2.06. The molecule has 4 heteroatoms. The lowest BCUT2D eigenvalue weighted by Gasteiger charge is -2.14. The number of hydrogen-bond donors (Lipinski definition) is 1. The normalized spacial score (nSPS) is 9.75. The molecule has 0 saturated carbocycles. The molecule has 0 fully saturated rings. The van der Waals surface area contributed by atoms with Crippen LogP contribution in [0, 0.1) is 6.92 Å². The van der Waals surface area contributed by atoms with E-state index in [0.717, 1.165) is 17.0 Å². The number of nitrogens with one attached hydrogen (secondary N) is 1. The van der Waals surface area contributed by atoms with Crippen LogP contribution in [-0.4, -0.2) is 38.6 Å². The number of nitrogens with zero attached hydrogens (tertiary/aromatic N) is 1. The zero-order valence-electron chi connectivity index (χ0n) is 10.2. The first-order valence-electron chi connectivity index (χ1n) is 5.13. The minimum atomic E-state index is 0.0311. The molecule has 0 aliphatic heterocycles. The quantitative estimate of drug-likeness (QED) is 0.839. The zero-order chi connectivity index (χ0) is 12.1. The van der Waals surface area contributed by atoms with Gasteiger partial charge in [-0.2, -0.15) is 0 Å². The van der Waals surface area contributed by atoms with E-state index in [2.05, 4.69) is 5.32 Å². The summed E-state index contributed by atoms with van der Waals surface area (Å²) in [7, 11) is 5.08. The largest absolute Gasteiger partial charge is 0.495 e. The third kappa shape index (κ3) is 3.15. The molecule has 0 unspecified atom stereocenters. The standard InChI is InChI=1S/C12H18N2O2/c1-9-5-6-11(16-4)10(7-9)13-8-12(15)14(2)3/h5-7,13H,8H2,1-4H3. The Bertz CT molecular complexity index is 375. The van der Waals surface area contributed by atoms with Crippen LogP contribution < -0.4 is 10.1 Å². The van der Waals surface area contributed by atoms with Gasteiger partial charge in [0.25, 0.3) is 0 Å². The molecule has 0 bridgehead atoms. The molecule has 1 amide bonds. The van der Waals surface area contributed by atoms with Crippen LogP contribution in [0.3, 0.4) is 0 Å². The average Bonchev–Trinajstić information content (AvgIpc) is 2.25. The summed E-state index contributed by atoms with van der Waals surface area (Å²) in [5.74, 6) is 0.778. The molecule has 4 nitrogen and oxygen atoms in total. The smallest absolute Gasteiger partial charge is 0.241 e. The van der Waals surface area contributed by atoms with Gasteiger partial charge < -0.3 is 15.0 Å². The molecular weight excluding hydrogens is 204 g/mol. The van der Waals surface area contributed by atoms with Gasteiger partial charge in [0.1, 0.15) is 5.75 Å². The molecule has 88 valence electrons. The topological polar surface area (TPSA) is 41.6 Å². The molecule has 0 heterocycles. The van der Waals surface area contributed by atoms with Crippen LogP contribution in [0.2, 0.25) is 0 Å². The Balaban J connectivity index is 2.72. The monoisotopic (exact) mass is 222 g/mol. The number of aryl methyl sites for hydroxylation is 1. The van der Waals surface area contributed by atoms with E-state index in [1.165, 1.54) is 0 Å². The van der Waals surface area contributed by atoms with Gasteiger partial charge in [-0.15, -0.1) is 0 Å². The van der Waals surface area contributed by atoms with E-state index in [9.17, 15) is 4.79 Å². The predicted molar refractivity (Wildman–Crippen MR) is 64.9 cm³/mol. The van der Waals surface area contributed by atoms with Crippen molar-refractivity contribution in [2.45, 2.75) is 6.92 Å².